The zero-order valence-electron chi connectivity index (χ0n) is 22.2. The van der Waals surface area contributed by atoms with Crippen LogP contribution in [0.2, 0.25) is 0 Å². The van der Waals surface area contributed by atoms with E-state index in [1.54, 1.807) is 0 Å². The molecule has 9 rings (SSSR count). The van der Waals surface area contributed by atoms with Crippen LogP contribution in [0.1, 0.15) is 25.0 Å². The molecule has 0 N–H and O–H groups in total. The van der Waals surface area contributed by atoms with Gasteiger partial charge in [-0.3, -0.25) is 9.59 Å². The third kappa shape index (κ3) is 2.03. The minimum absolute atomic E-state index is 0.0547. The normalized spacial score (nSPS) is 42.3. The van der Waals surface area contributed by atoms with Crippen LogP contribution in [0, 0.1) is 58.2 Å². The van der Waals surface area contributed by atoms with Crippen LogP contribution in [0.4, 0.5) is 0 Å². The summed E-state index contributed by atoms with van der Waals surface area (Å²) in [5.41, 5.74) is 5.98. The zero-order chi connectivity index (χ0) is 26.1. The van der Waals surface area contributed by atoms with Crippen LogP contribution in [0.3, 0.4) is 0 Å². The van der Waals surface area contributed by atoms with Crippen LogP contribution in [0.15, 0.2) is 84.0 Å². The van der Waals surface area contributed by atoms with Gasteiger partial charge in [0.15, 0.2) is 0 Å². The highest BCUT2D eigenvalue weighted by atomic mass is 16.5. The highest BCUT2D eigenvalue weighted by Crippen LogP contribution is 2.94. The summed E-state index contributed by atoms with van der Waals surface area (Å²) in [7, 11) is 2.98. The van der Waals surface area contributed by atoms with Gasteiger partial charge in [-0.1, -0.05) is 84.0 Å². The maximum atomic E-state index is 14.0. The van der Waals surface area contributed by atoms with Gasteiger partial charge in [0.05, 0.1) is 25.0 Å². The van der Waals surface area contributed by atoms with E-state index in [1.165, 1.54) is 47.6 Å². The van der Waals surface area contributed by atoms with Gasteiger partial charge in [0, 0.05) is 0 Å². The summed E-state index contributed by atoms with van der Waals surface area (Å²) in [6.45, 7) is 4.57. The molecule has 2 aromatic rings. The second kappa shape index (κ2) is 7.16. The first kappa shape index (κ1) is 22.6. The van der Waals surface area contributed by atoms with Crippen LogP contribution >= 0.6 is 0 Å². The third-order valence-corrected chi connectivity index (χ3v) is 11.8. The van der Waals surface area contributed by atoms with Crippen molar-refractivity contribution in [2.45, 2.75) is 13.8 Å². The zero-order valence-corrected chi connectivity index (χ0v) is 22.2. The predicted molar refractivity (Wildman–Crippen MR) is 144 cm³/mol. The Morgan fingerprint density at radius 1 is 0.632 bits per heavy atom. The molecule has 192 valence electrons. The van der Waals surface area contributed by atoms with Gasteiger partial charge in [0.2, 0.25) is 0 Å². The van der Waals surface area contributed by atoms with Gasteiger partial charge < -0.3 is 9.47 Å². The SMILES string of the molecule is COC(=O)[C@]12[C@H]3C=C[C@H]4C3C3[C@H]1[C@@H]1C(C)=C(c5ccccc5)C(c5ccccc5)=C(C)[C@H]1[C@H]3[C@@]42C(=O)OC. The maximum Gasteiger partial charge on any atom is 0.313 e. The molecule has 7 aliphatic carbocycles. The Morgan fingerprint density at radius 2 is 1.03 bits per heavy atom. The first-order valence-electron chi connectivity index (χ1n) is 13.9. The van der Waals surface area contributed by atoms with E-state index >= 15 is 0 Å². The monoisotopic (exact) mass is 504 g/mol. The number of methoxy groups -OCH3 is 2. The Kier molecular flexibility index (Phi) is 4.26. The molecule has 0 spiro atoms. The van der Waals surface area contributed by atoms with E-state index in [2.05, 4.69) is 86.7 Å². The molecular formula is C34H32O4. The van der Waals surface area contributed by atoms with Crippen molar-refractivity contribution in [3.05, 3.63) is 95.1 Å². The Balaban J connectivity index is 1.43. The van der Waals surface area contributed by atoms with E-state index < -0.39 is 10.8 Å². The summed E-state index contributed by atoms with van der Waals surface area (Å²) < 4.78 is 11.2. The molecule has 4 heteroatoms. The van der Waals surface area contributed by atoms with E-state index in [4.69, 9.17) is 9.47 Å². The maximum absolute atomic E-state index is 14.0. The summed E-state index contributed by atoms with van der Waals surface area (Å²) in [5, 5.41) is 0. The van der Waals surface area contributed by atoms with Crippen molar-refractivity contribution in [2.75, 3.05) is 14.2 Å². The fourth-order valence-electron chi connectivity index (χ4n) is 11.4. The first-order chi connectivity index (χ1) is 18.5. The molecule has 0 aliphatic heterocycles. The molecule has 10 atom stereocenters. The molecule has 0 saturated heterocycles. The van der Waals surface area contributed by atoms with Gasteiger partial charge in [-0.15, -0.1) is 0 Å². The molecule has 4 nitrogen and oxygen atoms in total. The standard InChI is InChI=1S/C34H32O4/c1-17-23(19-11-7-5-8-12-19)24(20-13-9-6-10-14-20)18(2)26-25(17)29-28-27-21-15-16-22(27)34(30(26)28,32(36)38-4)33(21,29)31(35)37-3/h5-16,21-22,25-30H,1-4H3/t21-,22-,25+,26+,27?,28?,29+,30+,33-,34+/m0/s1. The summed E-state index contributed by atoms with van der Waals surface area (Å²) in [5.74, 6) is 0.870. The summed E-state index contributed by atoms with van der Waals surface area (Å²) in [4.78, 5) is 28.1. The lowest BCUT2D eigenvalue weighted by Crippen LogP contribution is -2.63. The lowest BCUT2D eigenvalue weighted by molar-refractivity contribution is -0.192. The van der Waals surface area contributed by atoms with Crippen molar-refractivity contribution in [2.24, 2.45) is 58.2 Å². The predicted octanol–water partition coefficient (Wildman–Crippen LogP) is 5.82. The average molecular weight is 505 g/mol. The fraction of sp³-hybridized carbons (Fsp3) is 0.412. The number of allylic oxidation sites excluding steroid dienone is 6. The van der Waals surface area contributed by atoms with Gasteiger partial charge >= 0.3 is 11.9 Å². The second-order valence-electron chi connectivity index (χ2n) is 12.3. The smallest absolute Gasteiger partial charge is 0.313 e. The van der Waals surface area contributed by atoms with Crippen LogP contribution in [-0.4, -0.2) is 26.2 Å². The van der Waals surface area contributed by atoms with E-state index in [1.807, 2.05) is 0 Å². The molecule has 5 fully saturated rings. The number of fused-ring (bicyclic) bond motifs is 1. The second-order valence-corrected chi connectivity index (χ2v) is 12.3. The number of esters is 2. The molecule has 2 aromatic carbocycles. The van der Waals surface area contributed by atoms with Crippen molar-refractivity contribution in [3.63, 3.8) is 0 Å². The van der Waals surface area contributed by atoms with E-state index in [-0.39, 0.29) is 47.4 Å². The van der Waals surface area contributed by atoms with Gasteiger partial charge in [-0.2, -0.15) is 0 Å². The number of carbonyl (C=O) groups excluding carboxylic acids is 2. The van der Waals surface area contributed by atoms with Crippen molar-refractivity contribution in [1.29, 1.82) is 0 Å². The van der Waals surface area contributed by atoms with Crippen LogP contribution in [0.5, 0.6) is 0 Å². The van der Waals surface area contributed by atoms with Gasteiger partial charge in [-0.05, 0) is 83.5 Å². The Bertz CT molecular complexity index is 1390. The number of carbonyl (C=O) groups is 2. The summed E-state index contributed by atoms with van der Waals surface area (Å²) in [6, 6.07) is 21.3. The summed E-state index contributed by atoms with van der Waals surface area (Å²) in [6.07, 6.45) is 4.46. The topological polar surface area (TPSA) is 52.6 Å². The Hall–Kier alpha value is -3.40. The number of benzene rings is 2. The molecule has 0 amide bonds. The fourth-order valence-corrected chi connectivity index (χ4v) is 11.4. The van der Waals surface area contributed by atoms with E-state index in [0.29, 0.717) is 11.8 Å². The third-order valence-electron chi connectivity index (χ3n) is 11.8. The molecular weight excluding hydrogens is 472 g/mol. The van der Waals surface area contributed by atoms with Crippen molar-refractivity contribution in [3.8, 4) is 0 Å². The molecule has 8 bridgehead atoms. The van der Waals surface area contributed by atoms with Crippen molar-refractivity contribution < 1.29 is 19.1 Å². The largest absolute Gasteiger partial charge is 0.469 e. The molecule has 0 aromatic heterocycles. The van der Waals surface area contributed by atoms with Crippen LogP contribution in [-0.2, 0) is 19.1 Å². The first-order valence-corrected chi connectivity index (χ1v) is 13.9. The van der Waals surface area contributed by atoms with Gasteiger partial charge in [-0.25, -0.2) is 0 Å². The molecule has 38 heavy (non-hydrogen) atoms. The lowest BCUT2D eigenvalue weighted by Gasteiger charge is -2.56. The number of ether oxygens (including phenoxy) is 2. The van der Waals surface area contributed by atoms with Crippen LogP contribution in [0.25, 0.3) is 11.1 Å². The molecule has 0 radical (unpaired) electrons. The number of hydrogen-bond acceptors (Lipinski definition) is 4. The highest BCUT2D eigenvalue weighted by molar-refractivity contribution is 6.09. The summed E-state index contributed by atoms with van der Waals surface area (Å²) >= 11 is 0. The minimum Gasteiger partial charge on any atom is -0.469 e. The average Bonchev–Trinajstić information content (AvgIpc) is 3.76. The lowest BCUT2D eigenvalue weighted by atomic mass is 9.45. The van der Waals surface area contributed by atoms with Gasteiger partial charge in [0.25, 0.3) is 0 Å². The molecule has 5 saturated carbocycles. The van der Waals surface area contributed by atoms with Crippen molar-refractivity contribution in [1.82, 2.24) is 0 Å². The quantitative estimate of drug-likeness (QED) is 0.389. The molecule has 7 aliphatic rings. The minimum atomic E-state index is -0.844. The molecule has 0 heterocycles. The van der Waals surface area contributed by atoms with Crippen LogP contribution < -0.4 is 0 Å². The number of rotatable bonds is 4. The Morgan fingerprint density at radius 3 is 1.39 bits per heavy atom. The Labute approximate surface area is 223 Å². The van der Waals surface area contributed by atoms with E-state index in [9.17, 15) is 9.59 Å². The van der Waals surface area contributed by atoms with Crippen molar-refractivity contribution >= 4 is 23.1 Å². The van der Waals surface area contributed by atoms with Gasteiger partial charge in [0.1, 0.15) is 0 Å². The highest BCUT2D eigenvalue weighted by Gasteiger charge is 2.98. The number of hydrogen-bond donors (Lipinski definition) is 0. The molecule has 2 unspecified atom stereocenters. The van der Waals surface area contributed by atoms with E-state index in [0.717, 1.165) is 0 Å².